The van der Waals surface area contributed by atoms with E-state index in [0.29, 0.717) is 6.42 Å². The highest BCUT2D eigenvalue weighted by Crippen LogP contribution is 2.50. The van der Waals surface area contributed by atoms with Crippen LogP contribution in [0.2, 0.25) is 0 Å². The van der Waals surface area contributed by atoms with Crippen LogP contribution in [-0.2, 0) is 4.79 Å². The van der Waals surface area contributed by atoms with Gasteiger partial charge >= 0.3 is 0 Å². The maximum Gasteiger partial charge on any atom is 0.161 e. The number of hydrogen-bond donors (Lipinski definition) is 1. The fraction of sp³-hybridized carbons (Fsp3) is 0.643. The van der Waals surface area contributed by atoms with Crippen molar-refractivity contribution in [3.05, 3.63) is 24.3 Å². The predicted octanol–water partition coefficient (Wildman–Crippen LogP) is 2.88. The molecule has 0 aromatic heterocycles. The molecule has 0 aromatic rings. The van der Waals surface area contributed by atoms with Crippen molar-refractivity contribution >= 4 is 5.78 Å². The van der Waals surface area contributed by atoms with Crippen molar-refractivity contribution in [2.24, 2.45) is 11.3 Å². The normalized spacial score (nSPS) is 33.2. The highest BCUT2D eigenvalue weighted by Gasteiger charge is 2.52. The summed E-state index contributed by atoms with van der Waals surface area (Å²) in [6, 6.07) is 0. The Bertz CT molecular complexity index is 339. The molecule has 1 aliphatic rings. The minimum absolute atomic E-state index is 0.0353. The number of Topliss-reactive ketones (excluding diaryl/α,β-unsaturated/α-hetero) is 1. The Balaban J connectivity index is 3.06. The molecule has 2 unspecified atom stereocenters. The second kappa shape index (κ2) is 4.17. The smallest absolute Gasteiger partial charge is 0.161 e. The highest BCUT2D eigenvalue weighted by atomic mass is 16.3. The van der Waals surface area contributed by atoms with Crippen LogP contribution in [0.4, 0.5) is 0 Å². The van der Waals surface area contributed by atoms with Gasteiger partial charge in [-0.05, 0) is 32.1 Å². The molecule has 0 aromatic carbocycles. The largest absolute Gasteiger partial charge is 0.381 e. The summed E-state index contributed by atoms with van der Waals surface area (Å²) in [5.41, 5.74) is -0.282. The monoisotopic (exact) mass is 222 g/mol. The molecule has 1 saturated carbocycles. The van der Waals surface area contributed by atoms with Crippen molar-refractivity contribution in [2.75, 3.05) is 0 Å². The summed E-state index contributed by atoms with van der Waals surface area (Å²) in [4.78, 5) is 11.6. The summed E-state index contributed by atoms with van der Waals surface area (Å²) >= 11 is 0. The van der Waals surface area contributed by atoms with Gasteiger partial charge in [0.2, 0.25) is 0 Å². The molecule has 1 N–H and O–H groups in total. The number of hydrogen-bond acceptors (Lipinski definition) is 2. The summed E-state index contributed by atoms with van der Waals surface area (Å²) in [7, 11) is 0. The Morgan fingerprint density at radius 1 is 1.38 bits per heavy atom. The maximum atomic E-state index is 11.6. The van der Waals surface area contributed by atoms with Gasteiger partial charge in [0.25, 0.3) is 0 Å². The summed E-state index contributed by atoms with van der Waals surface area (Å²) in [6.45, 7) is 11.4. The SMILES string of the molecule is C=C(C)/C=C/C1C(C)(C)CCC1(O)C(C)=O. The Morgan fingerprint density at radius 3 is 2.38 bits per heavy atom. The topological polar surface area (TPSA) is 37.3 Å². The van der Waals surface area contributed by atoms with Crippen LogP contribution in [-0.4, -0.2) is 16.5 Å². The summed E-state index contributed by atoms with van der Waals surface area (Å²) in [6.07, 6.45) is 5.26. The third-order valence-electron chi connectivity index (χ3n) is 3.69. The third kappa shape index (κ3) is 2.27. The summed E-state index contributed by atoms with van der Waals surface area (Å²) in [5.74, 6) is -0.247. The molecule has 1 aliphatic carbocycles. The third-order valence-corrected chi connectivity index (χ3v) is 3.69. The van der Waals surface area contributed by atoms with Crippen molar-refractivity contribution in [1.82, 2.24) is 0 Å². The fourth-order valence-electron chi connectivity index (χ4n) is 2.55. The standard InChI is InChI=1S/C14H22O2/c1-10(2)6-7-12-13(4,5)8-9-14(12,16)11(3)15/h6-7,12,16H,1,8-9H2,2-5H3/b7-6+. The Morgan fingerprint density at radius 2 is 1.94 bits per heavy atom. The van der Waals surface area contributed by atoms with E-state index in [9.17, 15) is 9.90 Å². The molecule has 1 rings (SSSR count). The average Bonchev–Trinajstić information content (AvgIpc) is 2.36. The molecule has 90 valence electrons. The molecule has 0 aliphatic heterocycles. The lowest BCUT2D eigenvalue weighted by Crippen LogP contribution is -2.43. The summed E-state index contributed by atoms with van der Waals surface area (Å²) < 4.78 is 0. The second-order valence-corrected chi connectivity index (χ2v) is 5.65. The Hall–Kier alpha value is -0.890. The molecular formula is C14H22O2. The molecular weight excluding hydrogens is 200 g/mol. The first-order chi connectivity index (χ1) is 7.20. The lowest BCUT2D eigenvalue weighted by Gasteiger charge is -2.32. The summed E-state index contributed by atoms with van der Waals surface area (Å²) in [5, 5.41) is 10.4. The van der Waals surface area contributed by atoms with Crippen LogP contribution < -0.4 is 0 Å². The minimum Gasteiger partial charge on any atom is -0.381 e. The first kappa shape index (κ1) is 13.2. The minimum atomic E-state index is -1.19. The van der Waals surface area contributed by atoms with E-state index in [2.05, 4.69) is 20.4 Å². The first-order valence-electron chi connectivity index (χ1n) is 5.77. The molecule has 0 radical (unpaired) electrons. The molecule has 0 heterocycles. The second-order valence-electron chi connectivity index (χ2n) is 5.65. The number of rotatable bonds is 3. The van der Waals surface area contributed by atoms with E-state index in [-0.39, 0.29) is 17.1 Å². The van der Waals surface area contributed by atoms with Gasteiger partial charge in [0.1, 0.15) is 5.60 Å². The van der Waals surface area contributed by atoms with E-state index in [4.69, 9.17) is 0 Å². The molecule has 0 bridgehead atoms. The average molecular weight is 222 g/mol. The number of ketones is 1. The van der Waals surface area contributed by atoms with E-state index in [1.807, 2.05) is 19.1 Å². The van der Waals surface area contributed by atoms with Crippen LogP contribution in [0.5, 0.6) is 0 Å². The van der Waals surface area contributed by atoms with Crippen molar-refractivity contribution in [3.63, 3.8) is 0 Å². The van der Waals surface area contributed by atoms with Gasteiger partial charge in [-0.3, -0.25) is 4.79 Å². The van der Waals surface area contributed by atoms with E-state index < -0.39 is 5.60 Å². The van der Waals surface area contributed by atoms with E-state index in [1.165, 1.54) is 6.92 Å². The highest BCUT2D eigenvalue weighted by molar-refractivity contribution is 5.86. The van der Waals surface area contributed by atoms with Gasteiger partial charge in [-0.1, -0.05) is 38.2 Å². The van der Waals surface area contributed by atoms with Gasteiger partial charge in [-0.25, -0.2) is 0 Å². The molecule has 1 fully saturated rings. The van der Waals surface area contributed by atoms with Crippen LogP contribution in [0.25, 0.3) is 0 Å². The number of allylic oxidation sites excluding steroid dienone is 2. The van der Waals surface area contributed by atoms with E-state index in [1.54, 1.807) is 0 Å². The van der Waals surface area contributed by atoms with Crippen molar-refractivity contribution < 1.29 is 9.90 Å². The number of carbonyl (C=O) groups excluding carboxylic acids is 1. The zero-order valence-electron chi connectivity index (χ0n) is 10.7. The molecule has 2 nitrogen and oxygen atoms in total. The molecule has 0 saturated heterocycles. The Kier molecular flexibility index (Phi) is 3.44. The van der Waals surface area contributed by atoms with Crippen molar-refractivity contribution in [2.45, 2.75) is 46.1 Å². The van der Waals surface area contributed by atoms with Crippen LogP contribution in [0, 0.1) is 11.3 Å². The molecule has 2 heteroatoms. The van der Waals surface area contributed by atoms with Crippen molar-refractivity contribution in [1.29, 1.82) is 0 Å². The number of carbonyl (C=O) groups is 1. The predicted molar refractivity (Wildman–Crippen MR) is 66.1 cm³/mol. The fourth-order valence-corrected chi connectivity index (χ4v) is 2.55. The molecule has 0 amide bonds. The maximum absolute atomic E-state index is 11.6. The first-order valence-corrected chi connectivity index (χ1v) is 5.77. The van der Waals surface area contributed by atoms with E-state index in [0.717, 1.165) is 12.0 Å². The van der Waals surface area contributed by atoms with Crippen LogP contribution in [0.1, 0.15) is 40.5 Å². The lowest BCUT2D eigenvalue weighted by atomic mass is 9.75. The van der Waals surface area contributed by atoms with Crippen LogP contribution >= 0.6 is 0 Å². The van der Waals surface area contributed by atoms with Gasteiger partial charge in [0.05, 0.1) is 0 Å². The lowest BCUT2D eigenvalue weighted by molar-refractivity contribution is -0.138. The number of aliphatic hydroxyl groups is 1. The van der Waals surface area contributed by atoms with Gasteiger partial charge in [0.15, 0.2) is 5.78 Å². The zero-order chi connectivity index (χ0) is 12.6. The van der Waals surface area contributed by atoms with Crippen LogP contribution in [0.15, 0.2) is 24.3 Å². The Labute approximate surface area is 98.1 Å². The zero-order valence-corrected chi connectivity index (χ0v) is 10.7. The molecule has 2 atom stereocenters. The van der Waals surface area contributed by atoms with Gasteiger partial charge < -0.3 is 5.11 Å². The molecule has 16 heavy (non-hydrogen) atoms. The quantitative estimate of drug-likeness (QED) is 0.745. The van der Waals surface area contributed by atoms with Gasteiger partial charge in [0, 0.05) is 5.92 Å². The van der Waals surface area contributed by atoms with Crippen molar-refractivity contribution in [3.8, 4) is 0 Å². The van der Waals surface area contributed by atoms with Gasteiger partial charge in [-0.2, -0.15) is 0 Å². The molecule has 0 spiro atoms. The van der Waals surface area contributed by atoms with Gasteiger partial charge in [-0.15, -0.1) is 0 Å². The van der Waals surface area contributed by atoms with Crippen LogP contribution in [0.3, 0.4) is 0 Å². The van der Waals surface area contributed by atoms with E-state index >= 15 is 0 Å².